The Balaban J connectivity index is 1.72. The van der Waals surface area contributed by atoms with Crippen molar-refractivity contribution in [3.8, 4) is 0 Å². The van der Waals surface area contributed by atoms with Gasteiger partial charge in [-0.2, -0.15) is 0 Å². The van der Waals surface area contributed by atoms with Crippen LogP contribution in [0.1, 0.15) is 39.0 Å². The van der Waals surface area contributed by atoms with Crippen LogP contribution in [0.15, 0.2) is 0 Å². The van der Waals surface area contributed by atoms with Crippen LogP contribution >= 0.6 is 0 Å². The number of rotatable bonds is 2. The van der Waals surface area contributed by atoms with E-state index in [9.17, 15) is 4.79 Å². The average Bonchev–Trinajstić information content (AvgIpc) is 2.21. The Labute approximate surface area is 96.5 Å². The molecule has 4 bridgehead atoms. The highest BCUT2D eigenvalue weighted by Gasteiger charge is 2.48. The van der Waals surface area contributed by atoms with Gasteiger partial charge in [-0.15, -0.1) is 0 Å². The summed E-state index contributed by atoms with van der Waals surface area (Å²) >= 11 is 0. The fourth-order valence-electron chi connectivity index (χ4n) is 4.42. The Kier molecular flexibility index (Phi) is 2.30. The number of nitrogens with one attached hydrogen (secondary N) is 2. The summed E-state index contributed by atoms with van der Waals surface area (Å²) in [5.74, 6) is 3.14. The van der Waals surface area contributed by atoms with E-state index in [1.54, 1.807) is 6.92 Å². The summed E-state index contributed by atoms with van der Waals surface area (Å²) in [6.45, 7) is 1.57. The zero-order valence-electron chi connectivity index (χ0n) is 9.83. The molecular weight excluding hydrogens is 200 g/mol. The molecule has 4 aliphatic carbocycles. The number of amides is 1. The maximum atomic E-state index is 11.6. The topological polar surface area (TPSA) is 53.0 Å². The van der Waals surface area contributed by atoms with Gasteiger partial charge in [0.25, 0.3) is 5.91 Å². The lowest BCUT2D eigenvalue weighted by Gasteiger charge is -2.54. The van der Waals surface area contributed by atoms with Crippen molar-refractivity contribution in [2.75, 3.05) is 0 Å². The summed E-state index contributed by atoms with van der Waals surface area (Å²) in [6.07, 6.45) is 6.70. The van der Waals surface area contributed by atoms with Crippen LogP contribution in [0, 0.1) is 29.1 Å². The van der Waals surface area contributed by atoms with E-state index in [1.165, 1.54) is 32.1 Å². The van der Waals surface area contributed by atoms with Crippen LogP contribution in [0.3, 0.4) is 0 Å². The Morgan fingerprint density at radius 2 is 1.56 bits per heavy atom. The number of carbonyl (C=O) groups is 1. The first-order chi connectivity index (χ1) is 7.63. The van der Waals surface area contributed by atoms with Crippen molar-refractivity contribution in [3.05, 3.63) is 0 Å². The quantitative estimate of drug-likeness (QED) is 0.687. The number of hydrogen-bond acceptors (Lipinski definition) is 2. The number of hydrogen-bond donors (Lipinski definition) is 2. The molecule has 0 radical (unpaired) electrons. The van der Waals surface area contributed by atoms with Gasteiger partial charge in [0, 0.05) is 6.04 Å². The molecule has 0 saturated heterocycles. The molecule has 0 atom stereocenters. The van der Waals surface area contributed by atoms with E-state index in [0.717, 1.165) is 11.8 Å². The van der Waals surface area contributed by atoms with Crippen LogP contribution in [-0.2, 0) is 4.79 Å². The van der Waals surface area contributed by atoms with Gasteiger partial charge in [-0.3, -0.25) is 10.2 Å². The minimum atomic E-state index is -0.155. The van der Waals surface area contributed by atoms with Gasteiger partial charge in [0.05, 0.1) is 5.71 Å². The molecule has 1 amide bonds. The average molecular weight is 220 g/mol. The first-order valence-electron chi connectivity index (χ1n) is 6.49. The molecule has 88 valence electrons. The largest absolute Gasteiger partial charge is 0.348 e. The summed E-state index contributed by atoms with van der Waals surface area (Å²) in [7, 11) is 0. The molecule has 4 fully saturated rings. The predicted molar refractivity (Wildman–Crippen MR) is 62.4 cm³/mol. The minimum Gasteiger partial charge on any atom is -0.348 e. The fraction of sp³-hybridized carbons (Fsp3) is 0.846. The first-order valence-corrected chi connectivity index (χ1v) is 6.49. The van der Waals surface area contributed by atoms with E-state index >= 15 is 0 Å². The summed E-state index contributed by atoms with van der Waals surface area (Å²) in [5, 5.41) is 10.5. The van der Waals surface area contributed by atoms with E-state index in [0.29, 0.717) is 17.9 Å². The van der Waals surface area contributed by atoms with Gasteiger partial charge in [0.2, 0.25) is 0 Å². The molecule has 0 unspecified atom stereocenters. The van der Waals surface area contributed by atoms with Crippen LogP contribution in [0.25, 0.3) is 0 Å². The van der Waals surface area contributed by atoms with Crippen molar-refractivity contribution in [2.45, 2.75) is 45.1 Å². The molecule has 3 nitrogen and oxygen atoms in total. The lowest BCUT2D eigenvalue weighted by Crippen LogP contribution is -2.56. The molecule has 0 heterocycles. The van der Waals surface area contributed by atoms with Crippen LogP contribution in [-0.4, -0.2) is 17.7 Å². The fourth-order valence-corrected chi connectivity index (χ4v) is 4.42. The van der Waals surface area contributed by atoms with Crippen molar-refractivity contribution in [1.29, 1.82) is 5.41 Å². The third-order valence-electron chi connectivity index (χ3n) is 4.87. The van der Waals surface area contributed by atoms with Gasteiger partial charge < -0.3 is 5.32 Å². The summed E-state index contributed by atoms with van der Waals surface area (Å²) in [4.78, 5) is 11.6. The van der Waals surface area contributed by atoms with Crippen molar-refractivity contribution in [1.82, 2.24) is 5.32 Å². The lowest BCUT2D eigenvalue weighted by atomic mass is 9.54. The van der Waals surface area contributed by atoms with E-state index in [4.69, 9.17) is 5.41 Å². The molecule has 4 saturated carbocycles. The second kappa shape index (κ2) is 3.57. The summed E-state index contributed by atoms with van der Waals surface area (Å²) in [6, 6.07) is 0.376. The molecule has 4 rings (SSSR count). The Bertz CT molecular complexity index is 309. The molecule has 0 aromatic heterocycles. The predicted octanol–water partition coefficient (Wildman–Crippen LogP) is 1.97. The third kappa shape index (κ3) is 1.57. The molecule has 0 spiro atoms. The standard InChI is InChI=1S/C13H20N2O/c1-7(14)13(16)15-12-10-3-8-2-9(5-10)6-11(12)4-8/h8-12,14H,2-6H2,1H3,(H,15,16). The molecule has 0 aromatic rings. The smallest absolute Gasteiger partial charge is 0.264 e. The van der Waals surface area contributed by atoms with Crippen LogP contribution in [0.2, 0.25) is 0 Å². The van der Waals surface area contributed by atoms with E-state index in [2.05, 4.69) is 5.32 Å². The van der Waals surface area contributed by atoms with Crippen LogP contribution in [0.4, 0.5) is 0 Å². The molecule has 4 aliphatic rings. The molecule has 2 N–H and O–H groups in total. The Hall–Kier alpha value is -0.860. The summed E-state index contributed by atoms with van der Waals surface area (Å²) in [5.41, 5.74) is 0.147. The normalized spacial score (nSPS) is 44.4. The molecule has 3 heteroatoms. The van der Waals surface area contributed by atoms with Crippen molar-refractivity contribution >= 4 is 11.6 Å². The second-order valence-corrected chi connectivity index (χ2v) is 6.05. The van der Waals surface area contributed by atoms with E-state index < -0.39 is 0 Å². The van der Waals surface area contributed by atoms with Gasteiger partial charge in [-0.25, -0.2) is 0 Å². The third-order valence-corrected chi connectivity index (χ3v) is 4.87. The first kappa shape index (κ1) is 10.3. The summed E-state index contributed by atoms with van der Waals surface area (Å²) < 4.78 is 0. The van der Waals surface area contributed by atoms with Crippen molar-refractivity contribution < 1.29 is 4.79 Å². The Morgan fingerprint density at radius 3 is 2.00 bits per heavy atom. The molecule has 0 aromatic carbocycles. The van der Waals surface area contributed by atoms with Gasteiger partial charge in [0.1, 0.15) is 0 Å². The number of carbonyl (C=O) groups excluding carboxylic acids is 1. The minimum absolute atomic E-state index is 0.147. The zero-order chi connectivity index (χ0) is 11.3. The highest BCUT2D eigenvalue weighted by atomic mass is 16.1. The highest BCUT2D eigenvalue weighted by molar-refractivity contribution is 6.36. The maximum absolute atomic E-state index is 11.6. The monoisotopic (exact) mass is 220 g/mol. The second-order valence-electron chi connectivity index (χ2n) is 6.05. The van der Waals surface area contributed by atoms with Gasteiger partial charge in [-0.1, -0.05) is 0 Å². The molecule has 0 aliphatic heterocycles. The van der Waals surface area contributed by atoms with Gasteiger partial charge >= 0.3 is 0 Å². The lowest BCUT2D eigenvalue weighted by molar-refractivity contribution is -0.118. The van der Waals surface area contributed by atoms with Crippen LogP contribution in [0.5, 0.6) is 0 Å². The SMILES string of the molecule is CC(=N)C(=O)NC1C2CC3CC(C2)CC1C3. The van der Waals surface area contributed by atoms with Crippen molar-refractivity contribution in [2.24, 2.45) is 23.7 Å². The van der Waals surface area contributed by atoms with E-state index in [-0.39, 0.29) is 11.6 Å². The van der Waals surface area contributed by atoms with Gasteiger partial charge in [-0.05, 0) is 62.7 Å². The highest BCUT2D eigenvalue weighted by Crippen LogP contribution is 2.53. The zero-order valence-corrected chi connectivity index (χ0v) is 9.83. The van der Waals surface area contributed by atoms with E-state index in [1.807, 2.05) is 0 Å². The molecule has 16 heavy (non-hydrogen) atoms. The van der Waals surface area contributed by atoms with Gasteiger partial charge in [0.15, 0.2) is 0 Å². The Morgan fingerprint density at radius 1 is 1.06 bits per heavy atom. The van der Waals surface area contributed by atoms with Crippen molar-refractivity contribution in [3.63, 3.8) is 0 Å². The van der Waals surface area contributed by atoms with Crippen LogP contribution < -0.4 is 5.32 Å². The maximum Gasteiger partial charge on any atom is 0.264 e. The molecular formula is C13H20N2O.